The van der Waals surface area contributed by atoms with Gasteiger partial charge in [-0.1, -0.05) is 30.3 Å². The van der Waals surface area contributed by atoms with Crippen molar-refractivity contribution in [2.45, 2.75) is 12.8 Å². The molecule has 2 aromatic heterocycles. The van der Waals surface area contributed by atoms with Crippen LogP contribution in [0.15, 0.2) is 85.1 Å². The van der Waals surface area contributed by atoms with Crippen molar-refractivity contribution < 1.29 is 24.5 Å². The number of ether oxygens (including phenoxy) is 1. The molecule has 9 nitrogen and oxygen atoms in total. The minimum Gasteiger partial charge on any atom is -0.494 e. The van der Waals surface area contributed by atoms with Gasteiger partial charge in [-0.2, -0.15) is 5.10 Å². The third-order valence-electron chi connectivity index (χ3n) is 5.21. The molecule has 2 heterocycles. The average molecular weight is 503 g/mol. The van der Waals surface area contributed by atoms with E-state index in [0.717, 1.165) is 59.7 Å². The molecule has 0 saturated heterocycles. The van der Waals surface area contributed by atoms with Gasteiger partial charge in [0.2, 0.25) is 0 Å². The lowest BCUT2D eigenvalue weighted by Gasteiger charge is -2.10. The van der Waals surface area contributed by atoms with Gasteiger partial charge >= 0.3 is 11.9 Å². The predicted molar refractivity (Wildman–Crippen MR) is 142 cm³/mol. The highest BCUT2D eigenvalue weighted by atomic mass is 16.5. The van der Waals surface area contributed by atoms with Gasteiger partial charge in [0.15, 0.2) is 5.65 Å². The molecule has 37 heavy (non-hydrogen) atoms. The smallest absolute Gasteiger partial charge is 0.328 e. The number of carbonyl (C=O) groups is 2. The Morgan fingerprint density at radius 1 is 0.919 bits per heavy atom. The van der Waals surface area contributed by atoms with Crippen LogP contribution < -0.4 is 4.74 Å². The summed E-state index contributed by atoms with van der Waals surface area (Å²) in [5.74, 6) is -1.63. The van der Waals surface area contributed by atoms with Crippen molar-refractivity contribution in [3.63, 3.8) is 0 Å². The number of hydrogen-bond acceptors (Lipinski definition) is 6. The van der Waals surface area contributed by atoms with Gasteiger partial charge in [0.05, 0.1) is 12.3 Å². The van der Waals surface area contributed by atoms with Gasteiger partial charge in [-0.05, 0) is 69.9 Å². The fourth-order valence-corrected chi connectivity index (χ4v) is 3.49. The van der Waals surface area contributed by atoms with Crippen LogP contribution in [-0.2, 0) is 9.59 Å². The summed E-state index contributed by atoms with van der Waals surface area (Å²) in [4.78, 5) is 25.9. The first kappa shape index (κ1) is 27.1. The summed E-state index contributed by atoms with van der Waals surface area (Å²) >= 11 is 0. The first-order valence-electron chi connectivity index (χ1n) is 11.8. The van der Waals surface area contributed by atoms with Crippen LogP contribution in [0.1, 0.15) is 12.8 Å². The van der Waals surface area contributed by atoms with Crippen LogP contribution in [0, 0.1) is 0 Å². The Morgan fingerprint density at radius 3 is 2.22 bits per heavy atom. The Morgan fingerprint density at radius 2 is 1.59 bits per heavy atom. The van der Waals surface area contributed by atoms with E-state index in [1.54, 1.807) is 6.20 Å². The number of nitrogens with zero attached hydrogens (tertiary/aromatic N) is 4. The van der Waals surface area contributed by atoms with Gasteiger partial charge in [-0.3, -0.25) is 0 Å². The van der Waals surface area contributed by atoms with Crippen molar-refractivity contribution in [2.24, 2.45) is 0 Å². The molecule has 0 aliphatic rings. The van der Waals surface area contributed by atoms with Gasteiger partial charge in [0.25, 0.3) is 0 Å². The monoisotopic (exact) mass is 502 g/mol. The van der Waals surface area contributed by atoms with Gasteiger partial charge in [0, 0.05) is 29.3 Å². The van der Waals surface area contributed by atoms with Gasteiger partial charge in [-0.15, -0.1) is 0 Å². The lowest BCUT2D eigenvalue weighted by molar-refractivity contribution is -0.134. The van der Waals surface area contributed by atoms with Crippen molar-refractivity contribution in [1.29, 1.82) is 0 Å². The van der Waals surface area contributed by atoms with Gasteiger partial charge in [0.1, 0.15) is 11.4 Å². The predicted octanol–water partition coefficient (Wildman–Crippen LogP) is 4.52. The molecule has 0 radical (unpaired) electrons. The van der Waals surface area contributed by atoms with Crippen LogP contribution >= 0.6 is 0 Å². The molecule has 192 valence electrons. The number of aliphatic carboxylic acids is 2. The second-order valence-corrected chi connectivity index (χ2v) is 8.36. The van der Waals surface area contributed by atoms with Crippen LogP contribution in [0.25, 0.3) is 28.0 Å². The summed E-state index contributed by atoms with van der Waals surface area (Å²) in [6.07, 6.45) is 5.11. The summed E-state index contributed by atoms with van der Waals surface area (Å²) in [5, 5.41) is 21.5. The highest BCUT2D eigenvalue weighted by Crippen LogP contribution is 2.28. The van der Waals surface area contributed by atoms with Crippen LogP contribution in [0.5, 0.6) is 5.75 Å². The number of carboxylic acids is 2. The summed E-state index contributed by atoms with van der Waals surface area (Å²) in [6, 6.07) is 22.3. The van der Waals surface area contributed by atoms with Crippen LogP contribution in [0.2, 0.25) is 0 Å². The Hall–Kier alpha value is -4.50. The minimum atomic E-state index is -1.26. The number of rotatable bonds is 10. The highest BCUT2D eigenvalue weighted by Gasteiger charge is 2.14. The molecule has 0 unspecified atom stereocenters. The maximum absolute atomic E-state index is 9.55. The molecule has 2 aromatic carbocycles. The second-order valence-electron chi connectivity index (χ2n) is 8.36. The normalized spacial score (nSPS) is 10.9. The Balaban J connectivity index is 0.000000414. The van der Waals surface area contributed by atoms with Gasteiger partial charge < -0.3 is 19.8 Å². The molecule has 9 heteroatoms. The highest BCUT2D eigenvalue weighted by molar-refractivity contribution is 5.92. The average Bonchev–Trinajstić information content (AvgIpc) is 3.28. The largest absolute Gasteiger partial charge is 0.494 e. The van der Waals surface area contributed by atoms with E-state index in [-0.39, 0.29) is 0 Å². The summed E-state index contributed by atoms with van der Waals surface area (Å²) in [6.45, 7) is 1.82. The van der Waals surface area contributed by atoms with Crippen LogP contribution in [0.3, 0.4) is 0 Å². The zero-order valence-electron chi connectivity index (χ0n) is 20.8. The number of aromatic nitrogens is 3. The van der Waals surface area contributed by atoms with E-state index >= 15 is 0 Å². The van der Waals surface area contributed by atoms with Crippen LogP contribution in [0.4, 0.5) is 0 Å². The minimum absolute atomic E-state index is 0.558. The molecule has 4 aromatic rings. The fraction of sp³-hybridized carbons (Fsp3) is 0.214. The fourth-order valence-electron chi connectivity index (χ4n) is 3.49. The van der Waals surface area contributed by atoms with E-state index in [4.69, 9.17) is 20.0 Å². The number of fused-ring (bicyclic) bond motifs is 1. The lowest BCUT2D eigenvalue weighted by atomic mass is 10.1. The molecule has 0 saturated carbocycles. The number of carboxylic acid groups (broad SMARTS) is 2. The molecule has 0 bridgehead atoms. The van der Waals surface area contributed by atoms with E-state index in [1.807, 2.05) is 53.2 Å². The molecular formula is C28H30N4O5. The maximum Gasteiger partial charge on any atom is 0.328 e. The van der Waals surface area contributed by atoms with Crippen molar-refractivity contribution >= 4 is 23.0 Å². The van der Waals surface area contributed by atoms with Crippen molar-refractivity contribution in [2.75, 3.05) is 27.2 Å². The summed E-state index contributed by atoms with van der Waals surface area (Å²) < 4.78 is 7.78. The van der Waals surface area contributed by atoms with E-state index in [2.05, 4.69) is 42.2 Å². The molecule has 0 aliphatic heterocycles. The molecule has 0 fully saturated rings. The first-order valence-corrected chi connectivity index (χ1v) is 11.8. The Labute approximate surface area is 215 Å². The van der Waals surface area contributed by atoms with Crippen molar-refractivity contribution in [3.05, 3.63) is 85.1 Å². The molecule has 2 N–H and O–H groups in total. The number of unbranched alkanes of at least 4 members (excludes halogenated alkanes) is 1. The molecule has 0 aliphatic carbocycles. The Kier molecular flexibility index (Phi) is 9.92. The lowest BCUT2D eigenvalue weighted by Crippen LogP contribution is -2.13. The second kappa shape index (κ2) is 13.6. The molecular weight excluding hydrogens is 472 g/mol. The Bertz CT molecular complexity index is 1320. The van der Waals surface area contributed by atoms with E-state index in [9.17, 15) is 9.59 Å². The zero-order chi connectivity index (χ0) is 26.6. The molecule has 0 amide bonds. The third-order valence-corrected chi connectivity index (χ3v) is 5.21. The van der Waals surface area contributed by atoms with Crippen LogP contribution in [-0.4, -0.2) is 69.1 Å². The van der Waals surface area contributed by atoms with E-state index < -0.39 is 11.9 Å². The quantitative estimate of drug-likeness (QED) is 0.240. The number of benzene rings is 2. The van der Waals surface area contributed by atoms with Gasteiger partial charge in [-0.25, -0.2) is 19.3 Å². The molecule has 0 spiro atoms. The number of hydrogen-bond donors (Lipinski definition) is 2. The topological polar surface area (TPSA) is 118 Å². The molecule has 4 rings (SSSR count). The van der Waals surface area contributed by atoms with E-state index in [1.165, 1.54) is 0 Å². The zero-order valence-corrected chi connectivity index (χ0v) is 20.8. The first-order chi connectivity index (χ1) is 17.8. The number of pyridine rings is 1. The SMILES string of the molecule is CN(C)CCCCOc1ccc(-n2nc(-c3ccccc3)c3cccnc32)cc1.O=C(O)C=CC(=O)O. The van der Waals surface area contributed by atoms with E-state index in [0.29, 0.717) is 12.2 Å². The summed E-state index contributed by atoms with van der Waals surface area (Å²) in [5.41, 5.74) is 3.84. The third kappa shape index (κ3) is 8.29. The summed E-state index contributed by atoms with van der Waals surface area (Å²) in [7, 11) is 4.19. The van der Waals surface area contributed by atoms with Crippen molar-refractivity contribution in [1.82, 2.24) is 19.7 Å². The molecule has 0 atom stereocenters. The maximum atomic E-state index is 9.55. The van der Waals surface area contributed by atoms with Crippen molar-refractivity contribution in [3.8, 4) is 22.7 Å². The standard InChI is InChI=1S/C24H26N4O.C4H4O4/c1-27(2)17-6-7-18-29-21-14-12-20(13-15-21)28-24-22(11-8-16-25-24)23(26-28)19-9-4-3-5-10-19;5-3(6)1-2-4(7)8/h3-5,8-16H,6-7,17-18H2,1-2H3;1-2H,(H,5,6)(H,7,8).